The van der Waals surface area contributed by atoms with E-state index < -0.39 is 0 Å². The van der Waals surface area contributed by atoms with Gasteiger partial charge in [0.2, 0.25) is 0 Å². The summed E-state index contributed by atoms with van der Waals surface area (Å²) in [6, 6.07) is 10.3. The maximum Gasteiger partial charge on any atom is 0.269 e. The number of rotatable bonds is 6. The van der Waals surface area contributed by atoms with Crippen molar-refractivity contribution in [3.63, 3.8) is 0 Å². The van der Waals surface area contributed by atoms with Crippen LogP contribution in [-0.4, -0.2) is 41.2 Å². The number of hydrogen-bond acceptors (Lipinski definition) is 3. The highest BCUT2D eigenvalue weighted by Crippen LogP contribution is 2.21. The molecule has 1 unspecified atom stereocenters. The summed E-state index contributed by atoms with van der Waals surface area (Å²) in [7, 11) is 5.87. The number of carbonyl (C=O) groups excluding carboxylic acids is 1. The van der Waals surface area contributed by atoms with Gasteiger partial charge in [-0.25, -0.2) is 0 Å². The standard InChI is InChI=1S/C19H28N4O/c1-13(2)16-11-17(23(6)21-16)19(24)20-12-18(22(4)5)15-10-8-7-9-14(15)3/h7-11,13,18H,12H2,1-6H3,(H,20,24). The maximum atomic E-state index is 12.6. The molecule has 130 valence electrons. The summed E-state index contributed by atoms with van der Waals surface area (Å²) in [6.45, 7) is 6.80. The van der Waals surface area contributed by atoms with Gasteiger partial charge in [-0.05, 0) is 44.1 Å². The third kappa shape index (κ3) is 4.03. The highest BCUT2D eigenvalue weighted by Gasteiger charge is 2.19. The predicted octanol–water partition coefficient (Wildman–Crippen LogP) is 2.88. The molecule has 1 atom stereocenters. The van der Waals surface area contributed by atoms with Gasteiger partial charge in [0.25, 0.3) is 5.91 Å². The van der Waals surface area contributed by atoms with Crippen LogP contribution in [0.4, 0.5) is 0 Å². The first-order chi connectivity index (χ1) is 11.3. The van der Waals surface area contributed by atoms with E-state index in [-0.39, 0.29) is 11.9 Å². The zero-order valence-electron chi connectivity index (χ0n) is 15.5. The third-order valence-corrected chi connectivity index (χ3v) is 4.35. The van der Waals surface area contributed by atoms with Crippen molar-refractivity contribution in [1.29, 1.82) is 0 Å². The monoisotopic (exact) mass is 328 g/mol. The van der Waals surface area contributed by atoms with Crippen LogP contribution in [0.3, 0.4) is 0 Å². The Kier molecular flexibility index (Phi) is 5.78. The van der Waals surface area contributed by atoms with Gasteiger partial charge in [0.05, 0.1) is 11.7 Å². The minimum atomic E-state index is -0.0858. The number of benzene rings is 1. The van der Waals surface area contributed by atoms with E-state index in [1.54, 1.807) is 4.68 Å². The van der Waals surface area contributed by atoms with Gasteiger partial charge < -0.3 is 10.2 Å². The molecule has 0 aliphatic rings. The Balaban J connectivity index is 2.12. The predicted molar refractivity (Wildman–Crippen MR) is 97.2 cm³/mol. The van der Waals surface area contributed by atoms with E-state index in [1.807, 2.05) is 39.3 Å². The molecule has 0 aliphatic heterocycles. The first kappa shape index (κ1) is 18.2. The molecule has 24 heavy (non-hydrogen) atoms. The molecule has 5 nitrogen and oxygen atoms in total. The van der Waals surface area contributed by atoms with Crippen molar-refractivity contribution in [1.82, 2.24) is 20.0 Å². The number of aryl methyl sites for hydroxylation is 2. The fourth-order valence-electron chi connectivity index (χ4n) is 2.80. The van der Waals surface area contributed by atoms with Gasteiger partial charge >= 0.3 is 0 Å². The number of amides is 1. The molecule has 5 heteroatoms. The van der Waals surface area contributed by atoms with Crippen molar-refractivity contribution in [3.05, 3.63) is 52.8 Å². The fourth-order valence-corrected chi connectivity index (χ4v) is 2.80. The molecule has 0 radical (unpaired) electrons. The normalized spacial score (nSPS) is 12.7. The maximum absolute atomic E-state index is 12.6. The minimum absolute atomic E-state index is 0.0858. The van der Waals surface area contributed by atoms with Gasteiger partial charge in [-0.3, -0.25) is 9.48 Å². The second kappa shape index (κ2) is 7.62. The molecule has 0 aliphatic carbocycles. The van der Waals surface area contributed by atoms with Gasteiger partial charge in [0, 0.05) is 13.6 Å². The number of nitrogens with zero attached hydrogens (tertiary/aromatic N) is 3. The van der Waals surface area contributed by atoms with E-state index in [1.165, 1.54) is 11.1 Å². The largest absolute Gasteiger partial charge is 0.349 e. The highest BCUT2D eigenvalue weighted by molar-refractivity contribution is 5.92. The van der Waals surface area contributed by atoms with Crippen molar-refractivity contribution in [2.24, 2.45) is 7.05 Å². The Labute approximate surface area is 144 Å². The van der Waals surface area contributed by atoms with E-state index in [0.29, 0.717) is 18.2 Å². The van der Waals surface area contributed by atoms with Crippen molar-refractivity contribution < 1.29 is 4.79 Å². The van der Waals surface area contributed by atoms with Crippen molar-refractivity contribution in [2.75, 3.05) is 20.6 Å². The molecule has 1 aromatic heterocycles. The van der Waals surface area contributed by atoms with Crippen LogP contribution in [-0.2, 0) is 7.05 Å². The topological polar surface area (TPSA) is 50.2 Å². The second-order valence-electron chi connectivity index (χ2n) is 6.78. The summed E-state index contributed by atoms with van der Waals surface area (Å²) in [5.74, 6) is 0.219. The van der Waals surface area contributed by atoms with Crippen LogP contribution in [0.2, 0.25) is 0 Å². The van der Waals surface area contributed by atoms with Gasteiger partial charge in [-0.15, -0.1) is 0 Å². The Hall–Kier alpha value is -2.14. The first-order valence-corrected chi connectivity index (χ1v) is 8.35. The number of nitrogens with one attached hydrogen (secondary N) is 1. The van der Waals surface area contributed by atoms with Crippen LogP contribution in [0.25, 0.3) is 0 Å². The Morgan fingerprint density at radius 3 is 2.50 bits per heavy atom. The molecule has 2 rings (SSSR count). The molecular formula is C19H28N4O. The zero-order chi connectivity index (χ0) is 17.9. The van der Waals surface area contributed by atoms with Gasteiger partial charge in [0.1, 0.15) is 5.69 Å². The van der Waals surface area contributed by atoms with Crippen LogP contribution in [0.5, 0.6) is 0 Å². The van der Waals surface area contributed by atoms with Gasteiger partial charge in [0.15, 0.2) is 0 Å². The zero-order valence-corrected chi connectivity index (χ0v) is 15.5. The van der Waals surface area contributed by atoms with Crippen molar-refractivity contribution in [3.8, 4) is 0 Å². The molecule has 0 saturated heterocycles. The van der Waals surface area contributed by atoms with Gasteiger partial charge in [-0.2, -0.15) is 5.10 Å². The Morgan fingerprint density at radius 1 is 1.29 bits per heavy atom. The molecule has 1 heterocycles. The smallest absolute Gasteiger partial charge is 0.269 e. The lowest BCUT2D eigenvalue weighted by Gasteiger charge is -2.26. The molecule has 0 fully saturated rings. The lowest BCUT2D eigenvalue weighted by atomic mass is 10.0. The summed E-state index contributed by atoms with van der Waals surface area (Å²) in [5.41, 5.74) is 4.00. The van der Waals surface area contributed by atoms with Crippen molar-refractivity contribution >= 4 is 5.91 Å². The molecule has 1 N–H and O–H groups in total. The summed E-state index contributed by atoms with van der Waals surface area (Å²) >= 11 is 0. The average molecular weight is 328 g/mol. The number of aromatic nitrogens is 2. The number of likely N-dealkylation sites (N-methyl/N-ethyl adjacent to an activating group) is 1. The molecule has 2 aromatic rings. The van der Waals surface area contributed by atoms with E-state index in [4.69, 9.17) is 0 Å². The molecule has 0 bridgehead atoms. The summed E-state index contributed by atoms with van der Waals surface area (Å²) in [6.07, 6.45) is 0. The average Bonchev–Trinajstić information content (AvgIpc) is 2.91. The molecule has 0 saturated carbocycles. The second-order valence-corrected chi connectivity index (χ2v) is 6.78. The molecular weight excluding hydrogens is 300 g/mol. The lowest BCUT2D eigenvalue weighted by molar-refractivity contribution is 0.0932. The highest BCUT2D eigenvalue weighted by atomic mass is 16.2. The molecule has 0 spiro atoms. The first-order valence-electron chi connectivity index (χ1n) is 8.35. The fraction of sp³-hybridized carbons (Fsp3) is 0.474. The van der Waals surface area contributed by atoms with E-state index in [0.717, 1.165) is 5.69 Å². The summed E-state index contributed by atoms with van der Waals surface area (Å²) in [4.78, 5) is 14.7. The van der Waals surface area contributed by atoms with E-state index >= 15 is 0 Å². The SMILES string of the molecule is Cc1ccccc1C(CNC(=O)c1cc(C(C)C)nn1C)N(C)C. The Morgan fingerprint density at radius 2 is 1.96 bits per heavy atom. The van der Waals surface area contributed by atoms with Gasteiger partial charge in [-0.1, -0.05) is 38.1 Å². The Bertz CT molecular complexity index is 703. The number of hydrogen-bond donors (Lipinski definition) is 1. The third-order valence-electron chi connectivity index (χ3n) is 4.35. The lowest BCUT2D eigenvalue weighted by Crippen LogP contribution is -2.35. The van der Waals surface area contributed by atoms with E-state index in [9.17, 15) is 4.79 Å². The van der Waals surface area contributed by atoms with E-state index in [2.05, 4.69) is 48.2 Å². The van der Waals surface area contributed by atoms with Crippen LogP contribution in [0.15, 0.2) is 30.3 Å². The molecule has 1 aromatic carbocycles. The summed E-state index contributed by atoms with van der Waals surface area (Å²) in [5, 5.41) is 7.47. The minimum Gasteiger partial charge on any atom is -0.349 e. The molecule has 1 amide bonds. The number of carbonyl (C=O) groups is 1. The summed E-state index contributed by atoms with van der Waals surface area (Å²) < 4.78 is 1.66. The van der Waals surface area contributed by atoms with Crippen LogP contribution in [0, 0.1) is 6.92 Å². The quantitative estimate of drug-likeness (QED) is 0.887. The van der Waals surface area contributed by atoms with Crippen LogP contribution >= 0.6 is 0 Å². The van der Waals surface area contributed by atoms with Crippen LogP contribution in [0.1, 0.15) is 53.1 Å². The van der Waals surface area contributed by atoms with Crippen LogP contribution < -0.4 is 5.32 Å². The van der Waals surface area contributed by atoms with Crippen molar-refractivity contribution in [2.45, 2.75) is 32.7 Å².